The predicted molar refractivity (Wildman–Crippen MR) is 85.1 cm³/mol. The minimum atomic E-state index is -0.148. The molecular weight excluding hydrogens is 265 g/mol. The molecule has 1 N–H and O–H groups in total. The largest absolute Gasteiger partial charge is 0.378 e. The Kier molecular flexibility index (Phi) is 6.65. The van der Waals surface area contributed by atoms with Gasteiger partial charge in [-0.15, -0.1) is 0 Å². The second-order valence-electron chi connectivity index (χ2n) is 6.15. The first-order valence-electron chi connectivity index (χ1n) is 8.29. The van der Waals surface area contributed by atoms with Crippen molar-refractivity contribution >= 4 is 0 Å². The number of benzene rings is 1. The minimum Gasteiger partial charge on any atom is -0.378 e. The molecule has 2 rings (SSSR count). The van der Waals surface area contributed by atoms with Crippen LogP contribution in [0, 0.1) is 12.7 Å². The Morgan fingerprint density at radius 2 is 2.24 bits per heavy atom. The van der Waals surface area contributed by atoms with E-state index in [4.69, 9.17) is 4.74 Å². The maximum absolute atomic E-state index is 13.2. The van der Waals surface area contributed by atoms with E-state index in [0.29, 0.717) is 12.1 Å². The monoisotopic (exact) mass is 293 g/mol. The summed E-state index contributed by atoms with van der Waals surface area (Å²) >= 11 is 0. The van der Waals surface area contributed by atoms with E-state index >= 15 is 0 Å². The quantitative estimate of drug-likeness (QED) is 0.820. The van der Waals surface area contributed by atoms with Crippen molar-refractivity contribution in [2.75, 3.05) is 13.2 Å². The summed E-state index contributed by atoms with van der Waals surface area (Å²) in [5.74, 6) is -0.148. The molecule has 0 spiro atoms. The number of hydrogen-bond donors (Lipinski definition) is 1. The van der Waals surface area contributed by atoms with E-state index in [0.717, 1.165) is 38.0 Å². The molecule has 1 heterocycles. The fraction of sp³-hybridized carbons (Fsp3) is 0.667. The minimum absolute atomic E-state index is 0.148. The van der Waals surface area contributed by atoms with Crippen LogP contribution < -0.4 is 5.32 Å². The van der Waals surface area contributed by atoms with Crippen LogP contribution in [0.3, 0.4) is 0 Å². The maximum Gasteiger partial charge on any atom is 0.123 e. The summed E-state index contributed by atoms with van der Waals surface area (Å²) in [6.45, 7) is 6.11. The first-order valence-corrected chi connectivity index (χ1v) is 8.29. The number of aryl methyl sites for hydroxylation is 1. The third kappa shape index (κ3) is 5.40. The van der Waals surface area contributed by atoms with Crippen molar-refractivity contribution in [2.45, 2.75) is 64.5 Å². The Bertz CT molecular complexity index is 429. The molecule has 2 nitrogen and oxygen atoms in total. The smallest absolute Gasteiger partial charge is 0.123 e. The topological polar surface area (TPSA) is 21.3 Å². The fourth-order valence-corrected chi connectivity index (χ4v) is 3.05. The Labute approximate surface area is 128 Å². The number of halogens is 1. The summed E-state index contributed by atoms with van der Waals surface area (Å²) in [4.78, 5) is 0. The second-order valence-corrected chi connectivity index (χ2v) is 6.15. The third-order valence-corrected chi connectivity index (χ3v) is 4.28. The van der Waals surface area contributed by atoms with Crippen molar-refractivity contribution in [3.8, 4) is 0 Å². The molecular formula is C18H28FNO. The van der Waals surface area contributed by atoms with Gasteiger partial charge in [0, 0.05) is 12.6 Å². The highest BCUT2D eigenvalue weighted by Crippen LogP contribution is 2.20. The molecule has 0 amide bonds. The zero-order valence-electron chi connectivity index (χ0n) is 13.3. The van der Waals surface area contributed by atoms with Crippen molar-refractivity contribution < 1.29 is 9.13 Å². The van der Waals surface area contributed by atoms with Crippen molar-refractivity contribution in [1.82, 2.24) is 5.32 Å². The molecule has 0 aromatic heterocycles. The summed E-state index contributed by atoms with van der Waals surface area (Å²) in [5, 5.41) is 3.63. The molecule has 1 saturated heterocycles. The number of ether oxygens (including phenoxy) is 1. The predicted octanol–water partition coefficient (Wildman–Crippen LogP) is 4.00. The van der Waals surface area contributed by atoms with Crippen LogP contribution >= 0.6 is 0 Å². The second kappa shape index (κ2) is 8.50. The van der Waals surface area contributed by atoms with E-state index in [1.165, 1.54) is 24.8 Å². The van der Waals surface area contributed by atoms with Crippen LogP contribution in [0.5, 0.6) is 0 Å². The van der Waals surface area contributed by atoms with E-state index in [-0.39, 0.29) is 5.82 Å². The van der Waals surface area contributed by atoms with Gasteiger partial charge < -0.3 is 10.1 Å². The van der Waals surface area contributed by atoms with Crippen molar-refractivity contribution in [3.63, 3.8) is 0 Å². The van der Waals surface area contributed by atoms with Gasteiger partial charge in [-0.2, -0.15) is 0 Å². The molecule has 2 unspecified atom stereocenters. The van der Waals surface area contributed by atoms with Gasteiger partial charge in [-0.3, -0.25) is 0 Å². The van der Waals surface area contributed by atoms with E-state index in [1.54, 1.807) is 12.1 Å². The lowest BCUT2D eigenvalue weighted by Crippen LogP contribution is -2.37. The van der Waals surface area contributed by atoms with Gasteiger partial charge in [0.1, 0.15) is 5.82 Å². The zero-order chi connectivity index (χ0) is 15.1. The van der Waals surface area contributed by atoms with Crippen LogP contribution in [0.25, 0.3) is 0 Å². The fourth-order valence-electron chi connectivity index (χ4n) is 3.05. The lowest BCUT2D eigenvalue weighted by molar-refractivity contribution is 0.00525. The van der Waals surface area contributed by atoms with Crippen molar-refractivity contribution in [1.29, 1.82) is 0 Å². The summed E-state index contributed by atoms with van der Waals surface area (Å²) in [6, 6.07) is 5.53. The SMILES string of the molecule is CCCNC(Cc1ccc(F)cc1C)CC1CCCCO1. The van der Waals surface area contributed by atoms with E-state index < -0.39 is 0 Å². The molecule has 1 aromatic rings. The molecule has 1 aromatic carbocycles. The normalized spacial score (nSPS) is 20.4. The highest BCUT2D eigenvalue weighted by molar-refractivity contribution is 5.27. The molecule has 0 bridgehead atoms. The van der Waals surface area contributed by atoms with Gasteiger partial charge in [0.2, 0.25) is 0 Å². The van der Waals surface area contributed by atoms with E-state index in [2.05, 4.69) is 12.2 Å². The third-order valence-electron chi connectivity index (χ3n) is 4.28. The number of rotatable bonds is 7. The standard InChI is InChI=1S/C18H28FNO/c1-3-9-20-17(13-18-6-4-5-10-21-18)12-15-7-8-16(19)11-14(15)2/h7-8,11,17-18,20H,3-6,9-10,12-13H2,1-2H3. The summed E-state index contributed by atoms with van der Waals surface area (Å²) in [7, 11) is 0. The molecule has 1 aliphatic rings. The van der Waals surface area contributed by atoms with Gasteiger partial charge >= 0.3 is 0 Å². The first kappa shape index (κ1) is 16.4. The average molecular weight is 293 g/mol. The van der Waals surface area contributed by atoms with Gasteiger partial charge in [0.25, 0.3) is 0 Å². The zero-order valence-corrected chi connectivity index (χ0v) is 13.3. The molecule has 118 valence electrons. The Hall–Kier alpha value is -0.930. The van der Waals surface area contributed by atoms with Crippen LogP contribution in [0.1, 0.15) is 50.2 Å². The highest BCUT2D eigenvalue weighted by atomic mass is 19.1. The molecule has 0 saturated carbocycles. The summed E-state index contributed by atoms with van der Waals surface area (Å²) < 4.78 is 19.1. The molecule has 21 heavy (non-hydrogen) atoms. The number of nitrogens with one attached hydrogen (secondary N) is 1. The molecule has 1 aliphatic heterocycles. The highest BCUT2D eigenvalue weighted by Gasteiger charge is 2.20. The van der Waals surface area contributed by atoms with Crippen molar-refractivity contribution in [3.05, 3.63) is 35.1 Å². The van der Waals surface area contributed by atoms with Crippen LogP contribution in [0.15, 0.2) is 18.2 Å². The van der Waals surface area contributed by atoms with Gasteiger partial charge in [-0.1, -0.05) is 13.0 Å². The lowest BCUT2D eigenvalue weighted by Gasteiger charge is -2.28. The molecule has 2 atom stereocenters. The van der Waals surface area contributed by atoms with Gasteiger partial charge in [0.15, 0.2) is 0 Å². The lowest BCUT2D eigenvalue weighted by atomic mass is 9.94. The molecule has 0 aliphatic carbocycles. The molecule has 3 heteroatoms. The maximum atomic E-state index is 13.2. The first-order chi connectivity index (χ1) is 10.2. The average Bonchev–Trinajstić information content (AvgIpc) is 2.48. The Balaban J connectivity index is 1.97. The molecule has 1 fully saturated rings. The van der Waals surface area contributed by atoms with Gasteiger partial charge in [-0.05, 0) is 75.3 Å². The van der Waals surface area contributed by atoms with Crippen LogP contribution in [0.2, 0.25) is 0 Å². The number of hydrogen-bond acceptors (Lipinski definition) is 2. The van der Waals surface area contributed by atoms with Crippen LogP contribution in [-0.4, -0.2) is 25.3 Å². The van der Waals surface area contributed by atoms with Gasteiger partial charge in [-0.25, -0.2) is 4.39 Å². The molecule has 0 radical (unpaired) electrons. The van der Waals surface area contributed by atoms with Crippen LogP contribution in [0.4, 0.5) is 4.39 Å². The Morgan fingerprint density at radius 1 is 1.38 bits per heavy atom. The van der Waals surface area contributed by atoms with Gasteiger partial charge in [0.05, 0.1) is 6.10 Å². The summed E-state index contributed by atoms with van der Waals surface area (Å²) in [5.41, 5.74) is 2.28. The van der Waals surface area contributed by atoms with Crippen molar-refractivity contribution in [2.24, 2.45) is 0 Å². The van der Waals surface area contributed by atoms with E-state index in [9.17, 15) is 4.39 Å². The summed E-state index contributed by atoms with van der Waals surface area (Å²) in [6.07, 6.45) is 7.16. The van der Waals surface area contributed by atoms with Crippen LogP contribution in [-0.2, 0) is 11.2 Å². The Morgan fingerprint density at radius 3 is 2.90 bits per heavy atom. The van der Waals surface area contributed by atoms with E-state index in [1.807, 2.05) is 13.0 Å².